The number of halogens is 4. The summed E-state index contributed by atoms with van der Waals surface area (Å²) in [6, 6.07) is 18.3. The number of hydrazine groups is 1. The number of nitrogens with zero attached hydrogens (tertiary/aromatic N) is 1. The first-order valence-electron chi connectivity index (χ1n) is 9.87. The van der Waals surface area contributed by atoms with E-state index in [9.17, 15) is 18.0 Å². The molecule has 1 amide bonds. The Kier molecular flexibility index (Phi) is 8.88. The Bertz CT molecular complexity index is 824. The quantitative estimate of drug-likeness (QED) is 0.656. The normalized spacial score (nSPS) is 21.9. The Balaban J connectivity index is 0.00000341. The number of rotatable bonds is 7. The van der Waals surface area contributed by atoms with Crippen LogP contribution in [0.25, 0.3) is 0 Å². The molecule has 1 heterocycles. The maximum absolute atomic E-state index is 13.1. The predicted octanol–water partition coefficient (Wildman–Crippen LogP) is 4.15. The van der Waals surface area contributed by atoms with Gasteiger partial charge in [0, 0.05) is 26.1 Å². The van der Waals surface area contributed by atoms with Crippen molar-refractivity contribution in [3.63, 3.8) is 0 Å². The molecular weight excluding hydrogens is 431 g/mol. The van der Waals surface area contributed by atoms with E-state index in [1.807, 2.05) is 36.4 Å². The van der Waals surface area contributed by atoms with Crippen LogP contribution in [0.4, 0.5) is 13.2 Å². The summed E-state index contributed by atoms with van der Waals surface area (Å²) in [5, 5.41) is 4.57. The molecule has 2 unspecified atom stereocenters. The lowest BCUT2D eigenvalue weighted by Crippen LogP contribution is -2.63. The molecule has 1 fully saturated rings. The highest BCUT2D eigenvalue weighted by molar-refractivity contribution is 5.85. The van der Waals surface area contributed by atoms with E-state index in [-0.39, 0.29) is 24.4 Å². The van der Waals surface area contributed by atoms with Gasteiger partial charge < -0.3 is 10.1 Å². The second-order valence-corrected chi connectivity index (χ2v) is 7.42. The van der Waals surface area contributed by atoms with Crippen LogP contribution in [0.5, 0.6) is 0 Å². The zero-order valence-electron chi connectivity index (χ0n) is 17.2. The zero-order valence-corrected chi connectivity index (χ0v) is 18.0. The first-order chi connectivity index (χ1) is 14.3. The van der Waals surface area contributed by atoms with Crippen LogP contribution in [0, 0.1) is 0 Å². The third-order valence-corrected chi connectivity index (χ3v) is 5.09. The first-order valence-corrected chi connectivity index (χ1v) is 9.87. The van der Waals surface area contributed by atoms with Crippen molar-refractivity contribution in [2.75, 3.05) is 13.2 Å². The van der Waals surface area contributed by atoms with Gasteiger partial charge in [-0.1, -0.05) is 60.7 Å². The monoisotopic (exact) mass is 457 g/mol. The third kappa shape index (κ3) is 6.93. The molecule has 0 bridgehead atoms. The minimum atomic E-state index is -4.46. The molecule has 9 heteroatoms. The van der Waals surface area contributed by atoms with E-state index >= 15 is 0 Å². The van der Waals surface area contributed by atoms with Crippen molar-refractivity contribution in [3.8, 4) is 0 Å². The molecule has 2 aromatic carbocycles. The lowest BCUT2D eigenvalue weighted by atomic mass is 9.90. The van der Waals surface area contributed by atoms with E-state index in [1.165, 1.54) is 6.92 Å². The van der Waals surface area contributed by atoms with Gasteiger partial charge in [0.25, 0.3) is 0 Å². The minimum absolute atomic E-state index is 0. The lowest BCUT2D eigenvalue weighted by Gasteiger charge is -2.49. The predicted molar refractivity (Wildman–Crippen MR) is 114 cm³/mol. The summed E-state index contributed by atoms with van der Waals surface area (Å²) in [5.41, 5.74) is 3.57. The van der Waals surface area contributed by atoms with Crippen LogP contribution >= 0.6 is 12.4 Å². The molecule has 0 radical (unpaired) electrons. The Morgan fingerprint density at radius 2 is 1.74 bits per heavy atom. The summed E-state index contributed by atoms with van der Waals surface area (Å²) in [4.78, 5) is 11.6. The van der Waals surface area contributed by atoms with Crippen LogP contribution in [-0.2, 0) is 21.8 Å². The fraction of sp³-hybridized carbons (Fsp3) is 0.409. The molecule has 1 saturated heterocycles. The first kappa shape index (κ1) is 25.1. The van der Waals surface area contributed by atoms with E-state index in [0.29, 0.717) is 31.5 Å². The SMILES string of the molecule is CC(=O)NC1CCC(OCC(F)(F)F)(c2ccccc2)N(NCc2ccccc2)C1.Cl. The number of carbonyl (C=O) groups is 1. The smallest absolute Gasteiger partial charge is 0.352 e. The van der Waals surface area contributed by atoms with Gasteiger partial charge in [-0.15, -0.1) is 12.4 Å². The number of carbonyl (C=O) groups excluding carboxylic acids is 1. The van der Waals surface area contributed by atoms with Crippen molar-refractivity contribution in [3.05, 3.63) is 71.8 Å². The number of piperidine rings is 1. The molecule has 2 aromatic rings. The van der Waals surface area contributed by atoms with Gasteiger partial charge in [0.05, 0.1) is 0 Å². The summed E-state index contributed by atoms with van der Waals surface area (Å²) in [5.74, 6) is -0.175. The third-order valence-electron chi connectivity index (χ3n) is 5.09. The van der Waals surface area contributed by atoms with Gasteiger partial charge in [-0.25, -0.2) is 10.4 Å². The highest BCUT2D eigenvalue weighted by Crippen LogP contribution is 2.39. The fourth-order valence-corrected chi connectivity index (χ4v) is 3.78. The highest BCUT2D eigenvalue weighted by Gasteiger charge is 2.47. The number of ether oxygens (including phenoxy) is 1. The summed E-state index contributed by atoms with van der Waals surface area (Å²) in [6.07, 6.45) is -3.67. The van der Waals surface area contributed by atoms with Crippen molar-refractivity contribution in [1.82, 2.24) is 15.8 Å². The topological polar surface area (TPSA) is 53.6 Å². The maximum atomic E-state index is 13.1. The van der Waals surface area contributed by atoms with E-state index in [0.717, 1.165) is 5.56 Å². The minimum Gasteiger partial charge on any atom is -0.352 e. The maximum Gasteiger partial charge on any atom is 0.411 e. The molecule has 0 spiro atoms. The lowest BCUT2D eigenvalue weighted by molar-refractivity contribution is -0.266. The van der Waals surface area contributed by atoms with Gasteiger partial charge in [-0.3, -0.25) is 4.79 Å². The largest absolute Gasteiger partial charge is 0.411 e. The van der Waals surface area contributed by atoms with Gasteiger partial charge in [0.2, 0.25) is 5.91 Å². The number of hydrogen-bond acceptors (Lipinski definition) is 4. The molecule has 2 N–H and O–H groups in total. The van der Waals surface area contributed by atoms with Crippen LogP contribution < -0.4 is 10.7 Å². The second kappa shape index (κ2) is 10.9. The Labute approximate surface area is 186 Å². The number of hydrogen-bond donors (Lipinski definition) is 2. The Hall–Kier alpha value is -2.13. The molecular formula is C22H27ClF3N3O2. The summed E-state index contributed by atoms with van der Waals surface area (Å²) >= 11 is 0. The van der Waals surface area contributed by atoms with Gasteiger partial charge in [-0.05, 0) is 24.0 Å². The summed E-state index contributed by atoms with van der Waals surface area (Å²) < 4.78 is 44.9. The van der Waals surface area contributed by atoms with E-state index in [1.54, 1.807) is 29.3 Å². The molecule has 0 saturated carbocycles. The van der Waals surface area contributed by atoms with Crippen LogP contribution in [-0.4, -0.2) is 36.3 Å². The van der Waals surface area contributed by atoms with Gasteiger partial charge in [0.15, 0.2) is 5.72 Å². The number of amides is 1. The van der Waals surface area contributed by atoms with E-state index in [4.69, 9.17) is 4.74 Å². The van der Waals surface area contributed by atoms with Crippen LogP contribution in [0.1, 0.15) is 30.9 Å². The molecule has 0 aromatic heterocycles. The van der Waals surface area contributed by atoms with Crippen molar-refractivity contribution in [2.45, 2.75) is 44.3 Å². The van der Waals surface area contributed by atoms with Crippen molar-refractivity contribution in [2.24, 2.45) is 0 Å². The van der Waals surface area contributed by atoms with Gasteiger partial charge in [-0.2, -0.15) is 13.2 Å². The number of benzene rings is 2. The van der Waals surface area contributed by atoms with E-state index in [2.05, 4.69) is 10.7 Å². The van der Waals surface area contributed by atoms with Crippen molar-refractivity contribution < 1.29 is 22.7 Å². The second-order valence-electron chi connectivity index (χ2n) is 7.42. The van der Waals surface area contributed by atoms with Crippen LogP contribution in [0.15, 0.2) is 60.7 Å². The molecule has 3 rings (SSSR count). The van der Waals surface area contributed by atoms with Gasteiger partial charge >= 0.3 is 6.18 Å². The number of nitrogens with one attached hydrogen (secondary N) is 2. The van der Waals surface area contributed by atoms with Crippen LogP contribution in [0.3, 0.4) is 0 Å². The molecule has 1 aliphatic heterocycles. The average Bonchev–Trinajstić information content (AvgIpc) is 2.72. The Morgan fingerprint density at radius 1 is 1.13 bits per heavy atom. The zero-order chi connectivity index (χ0) is 21.6. The molecule has 5 nitrogen and oxygen atoms in total. The number of alkyl halides is 3. The van der Waals surface area contributed by atoms with Crippen LogP contribution in [0.2, 0.25) is 0 Å². The van der Waals surface area contributed by atoms with Crippen molar-refractivity contribution in [1.29, 1.82) is 0 Å². The summed E-state index contributed by atoms with van der Waals surface area (Å²) in [7, 11) is 0. The van der Waals surface area contributed by atoms with Gasteiger partial charge in [0.1, 0.15) is 6.61 Å². The highest BCUT2D eigenvalue weighted by atomic mass is 35.5. The fourth-order valence-electron chi connectivity index (χ4n) is 3.78. The molecule has 170 valence electrons. The van der Waals surface area contributed by atoms with E-state index < -0.39 is 18.5 Å². The molecule has 31 heavy (non-hydrogen) atoms. The Morgan fingerprint density at radius 3 is 2.32 bits per heavy atom. The van der Waals surface area contributed by atoms with Crippen molar-refractivity contribution >= 4 is 18.3 Å². The average molecular weight is 458 g/mol. The standard InChI is InChI=1S/C22H26F3N3O2.ClH/c1-17(29)27-20-12-13-21(30-16-22(23,24)25,19-10-6-3-7-11-19)28(15-20)26-14-18-8-4-2-5-9-18;/h2-11,20,26H,12-16H2,1H3,(H,27,29);1H. The molecule has 1 aliphatic rings. The summed E-state index contributed by atoms with van der Waals surface area (Å²) in [6.45, 7) is 0.786. The molecule has 2 atom stereocenters. The molecule has 0 aliphatic carbocycles.